The highest BCUT2D eigenvalue weighted by Crippen LogP contribution is 2.24. The number of benzene rings is 2. The molecule has 1 heterocycles. The number of primary sulfonamides is 1. The average Bonchev–Trinajstić information content (AvgIpc) is 3.15. The third-order valence-electron chi connectivity index (χ3n) is 3.88. The molecule has 1 aromatic heterocycles. The van der Waals surface area contributed by atoms with Gasteiger partial charge in [-0.15, -0.1) is 23.1 Å². The number of nitrogens with two attached hydrogens (primary N) is 1. The average molecular weight is 465 g/mol. The summed E-state index contributed by atoms with van der Waals surface area (Å²) in [4.78, 5) is 17.6. The zero-order valence-corrected chi connectivity index (χ0v) is 18.6. The molecule has 0 bridgehead atoms. The zero-order valence-electron chi connectivity index (χ0n) is 16.1. The monoisotopic (exact) mass is 464 g/mol. The van der Waals surface area contributed by atoms with Crippen molar-refractivity contribution in [3.8, 4) is 5.75 Å². The fourth-order valence-electron chi connectivity index (χ4n) is 2.42. The van der Waals surface area contributed by atoms with E-state index in [9.17, 15) is 13.2 Å². The maximum absolute atomic E-state index is 12.1. The molecule has 0 amide bonds. The Morgan fingerprint density at radius 3 is 2.40 bits per heavy atom. The number of carbonyl (C=O) groups excluding carboxylic acids is 1. The van der Waals surface area contributed by atoms with Crippen LogP contribution in [0.15, 0.2) is 63.7 Å². The van der Waals surface area contributed by atoms with E-state index >= 15 is 0 Å². The summed E-state index contributed by atoms with van der Waals surface area (Å²) in [5, 5.41) is 8.14. The van der Waals surface area contributed by atoms with Gasteiger partial charge in [0.2, 0.25) is 10.0 Å². The standard InChI is InChI=1S/C20H20N2O5S3/c1-14-22-16(12-28-14)13-29-18-6-2-15(3-7-18)20(23)27-11-10-26-17-4-8-19(9-5-17)30(21,24)25/h2-9,12H,10-11,13H2,1H3,(H2,21,24,25). The number of esters is 1. The van der Waals surface area contributed by atoms with Crippen molar-refractivity contribution in [3.05, 3.63) is 70.2 Å². The second kappa shape index (κ2) is 10.1. The Hall–Kier alpha value is -2.40. The summed E-state index contributed by atoms with van der Waals surface area (Å²) in [6.07, 6.45) is 0. The topological polar surface area (TPSA) is 109 Å². The second-order valence-electron chi connectivity index (χ2n) is 6.17. The van der Waals surface area contributed by atoms with Gasteiger partial charge in [-0.3, -0.25) is 0 Å². The molecule has 0 saturated carbocycles. The van der Waals surface area contributed by atoms with Crippen molar-refractivity contribution in [3.63, 3.8) is 0 Å². The lowest BCUT2D eigenvalue weighted by Crippen LogP contribution is -2.13. The van der Waals surface area contributed by atoms with Crippen molar-refractivity contribution in [2.24, 2.45) is 5.14 Å². The molecule has 7 nitrogen and oxygen atoms in total. The summed E-state index contributed by atoms with van der Waals surface area (Å²) in [5.41, 5.74) is 1.51. The summed E-state index contributed by atoms with van der Waals surface area (Å²) >= 11 is 3.29. The van der Waals surface area contributed by atoms with Gasteiger partial charge in [0, 0.05) is 16.0 Å². The second-order valence-corrected chi connectivity index (χ2v) is 9.84. The molecule has 0 aliphatic rings. The predicted octanol–water partition coefficient (Wildman–Crippen LogP) is 3.63. The third kappa shape index (κ3) is 6.56. The number of aryl methyl sites for hydroxylation is 1. The summed E-state index contributed by atoms with van der Waals surface area (Å²) in [5.74, 6) is 0.800. The van der Waals surface area contributed by atoms with Crippen LogP contribution in [0.5, 0.6) is 5.75 Å². The van der Waals surface area contributed by atoms with Crippen LogP contribution in [0.4, 0.5) is 0 Å². The van der Waals surface area contributed by atoms with Gasteiger partial charge in [-0.2, -0.15) is 0 Å². The molecule has 158 valence electrons. The maximum atomic E-state index is 12.1. The minimum atomic E-state index is -3.74. The molecule has 0 aliphatic heterocycles. The molecular formula is C20H20N2O5S3. The van der Waals surface area contributed by atoms with Gasteiger partial charge >= 0.3 is 5.97 Å². The molecule has 0 unspecified atom stereocenters. The molecule has 3 aromatic rings. The van der Waals surface area contributed by atoms with Gasteiger partial charge in [0.05, 0.1) is 21.2 Å². The zero-order chi connectivity index (χ0) is 21.6. The molecule has 30 heavy (non-hydrogen) atoms. The molecule has 0 fully saturated rings. The van der Waals surface area contributed by atoms with Gasteiger partial charge in [-0.05, 0) is 55.5 Å². The maximum Gasteiger partial charge on any atom is 0.338 e. The lowest BCUT2D eigenvalue weighted by Gasteiger charge is -2.08. The Balaban J connectivity index is 1.41. The Labute approximate surface area is 183 Å². The Kier molecular flexibility index (Phi) is 7.48. The van der Waals surface area contributed by atoms with E-state index in [0.717, 1.165) is 21.3 Å². The van der Waals surface area contributed by atoms with Crippen molar-refractivity contribution in [2.75, 3.05) is 13.2 Å². The molecular weight excluding hydrogens is 444 g/mol. The molecule has 0 saturated heterocycles. The van der Waals surface area contributed by atoms with Crippen LogP contribution in [0, 0.1) is 6.92 Å². The summed E-state index contributed by atoms with van der Waals surface area (Å²) in [7, 11) is -3.74. The van der Waals surface area contributed by atoms with Gasteiger partial charge in [0.1, 0.15) is 19.0 Å². The highest BCUT2D eigenvalue weighted by atomic mass is 32.2. The smallest absolute Gasteiger partial charge is 0.338 e. The van der Waals surface area contributed by atoms with Crippen LogP contribution >= 0.6 is 23.1 Å². The largest absolute Gasteiger partial charge is 0.490 e. The van der Waals surface area contributed by atoms with Crippen LogP contribution in [-0.4, -0.2) is 32.6 Å². The number of aromatic nitrogens is 1. The van der Waals surface area contributed by atoms with E-state index in [1.165, 1.54) is 24.3 Å². The highest BCUT2D eigenvalue weighted by Gasteiger charge is 2.09. The van der Waals surface area contributed by atoms with E-state index in [-0.39, 0.29) is 18.1 Å². The van der Waals surface area contributed by atoms with Crippen molar-refractivity contribution in [1.82, 2.24) is 4.98 Å². The first-order valence-corrected chi connectivity index (χ1v) is 12.3. The number of rotatable bonds is 9. The molecule has 0 radical (unpaired) electrons. The first kappa shape index (κ1) is 22.3. The van der Waals surface area contributed by atoms with Gasteiger partial charge in [0.25, 0.3) is 0 Å². The number of thioether (sulfide) groups is 1. The molecule has 2 N–H and O–H groups in total. The van der Waals surface area contributed by atoms with E-state index in [4.69, 9.17) is 14.6 Å². The summed E-state index contributed by atoms with van der Waals surface area (Å²) < 4.78 is 33.1. The van der Waals surface area contributed by atoms with E-state index in [0.29, 0.717) is 11.3 Å². The minimum absolute atomic E-state index is 0.00425. The van der Waals surface area contributed by atoms with Crippen LogP contribution in [0.25, 0.3) is 0 Å². The number of carbonyl (C=O) groups is 1. The number of thiazole rings is 1. The fraction of sp³-hybridized carbons (Fsp3) is 0.200. The molecule has 0 spiro atoms. The first-order chi connectivity index (χ1) is 14.3. The lowest BCUT2D eigenvalue weighted by molar-refractivity contribution is 0.0450. The van der Waals surface area contributed by atoms with E-state index in [1.54, 1.807) is 35.2 Å². The van der Waals surface area contributed by atoms with Crippen LogP contribution in [0.3, 0.4) is 0 Å². The molecule has 2 aromatic carbocycles. The van der Waals surface area contributed by atoms with Gasteiger partial charge in [-0.1, -0.05) is 0 Å². The van der Waals surface area contributed by atoms with Crippen LogP contribution in [-0.2, 0) is 20.5 Å². The number of ether oxygens (including phenoxy) is 2. The number of nitrogens with zero attached hydrogens (tertiary/aromatic N) is 1. The van der Waals surface area contributed by atoms with Crippen LogP contribution < -0.4 is 9.88 Å². The Bertz CT molecular complexity index is 1090. The third-order valence-corrected chi connectivity index (χ3v) is 6.68. The Morgan fingerprint density at radius 1 is 1.10 bits per heavy atom. The van der Waals surface area contributed by atoms with Gasteiger partial charge in [-0.25, -0.2) is 23.3 Å². The van der Waals surface area contributed by atoms with Crippen LogP contribution in [0.2, 0.25) is 0 Å². The SMILES string of the molecule is Cc1nc(CSc2ccc(C(=O)OCCOc3ccc(S(N)(=O)=O)cc3)cc2)cs1. The van der Waals surface area contributed by atoms with Crippen molar-refractivity contribution >= 4 is 39.1 Å². The van der Waals surface area contributed by atoms with E-state index in [2.05, 4.69) is 4.98 Å². The van der Waals surface area contributed by atoms with Crippen LogP contribution in [0.1, 0.15) is 21.1 Å². The fourth-order valence-corrected chi connectivity index (χ4v) is 4.45. The van der Waals surface area contributed by atoms with Gasteiger partial charge < -0.3 is 9.47 Å². The lowest BCUT2D eigenvalue weighted by atomic mass is 10.2. The minimum Gasteiger partial charge on any atom is -0.490 e. The van der Waals surface area contributed by atoms with E-state index < -0.39 is 16.0 Å². The quantitative estimate of drug-likeness (QED) is 0.293. The number of sulfonamides is 1. The summed E-state index contributed by atoms with van der Waals surface area (Å²) in [6, 6.07) is 12.9. The summed E-state index contributed by atoms with van der Waals surface area (Å²) in [6.45, 7) is 2.19. The first-order valence-electron chi connectivity index (χ1n) is 8.88. The van der Waals surface area contributed by atoms with Crippen molar-refractivity contribution in [2.45, 2.75) is 22.5 Å². The predicted molar refractivity (Wildman–Crippen MR) is 116 cm³/mol. The number of hydrogen-bond acceptors (Lipinski definition) is 8. The Morgan fingerprint density at radius 2 is 1.80 bits per heavy atom. The molecule has 0 atom stereocenters. The van der Waals surface area contributed by atoms with Crippen molar-refractivity contribution < 1.29 is 22.7 Å². The molecule has 0 aliphatic carbocycles. The highest BCUT2D eigenvalue weighted by molar-refractivity contribution is 7.98. The molecule has 3 rings (SSSR count). The molecule has 10 heteroatoms. The van der Waals surface area contributed by atoms with E-state index in [1.807, 2.05) is 24.4 Å². The van der Waals surface area contributed by atoms with Gasteiger partial charge in [0.15, 0.2) is 0 Å². The van der Waals surface area contributed by atoms with Crippen molar-refractivity contribution in [1.29, 1.82) is 0 Å². The normalized spacial score (nSPS) is 11.3. The number of hydrogen-bond donors (Lipinski definition) is 1.